The van der Waals surface area contributed by atoms with Crippen LogP contribution < -0.4 is 5.32 Å². The Labute approximate surface area is 99.4 Å². The molecular weight excluding hydrogens is 226 g/mol. The van der Waals surface area contributed by atoms with Crippen molar-refractivity contribution in [3.63, 3.8) is 0 Å². The first kappa shape index (κ1) is 15.9. The molecule has 0 spiro atoms. The van der Waals surface area contributed by atoms with Crippen LogP contribution in [0.3, 0.4) is 0 Å². The van der Waals surface area contributed by atoms with Crippen LogP contribution in [0.2, 0.25) is 0 Å². The number of sulfone groups is 1. The van der Waals surface area contributed by atoms with E-state index in [4.69, 9.17) is 5.11 Å². The Kier molecular flexibility index (Phi) is 8.89. The van der Waals surface area contributed by atoms with E-state index in [1.165, 1.54) is 0 Å². The number of aliphatic hydroxyl groups excluding tert-OH is 1. The quantitative estimate of drug-likeness (QED) is 0.607. The van der Waals surface area contributed by atoms with Crippen LogP contribution in [0.1, 0.15) is 39.5 Å². The number of aliphatic hydroxyl groups is 1. The van der Waals surface area contributed by atoms with Crippen LogP contribution in [0.25, 0.3) is 0 Å². The third-order valence-electron chi connectivity index (χ3n) is 2.42. The Hall–Kier alpha value is -0.130. The van der Waals surface area contributed by atoms with Crippen LogP contribution in [0.5, 0.6) is 0 Å². The number of hydrogen-bond donors (Lipinski definition) is 2. The SMILES string of the molecule is CCCCS(=O)(=O)CC(CCO)NCCC. The summed E-state index contributed by atoms with van der Waals surface area (Å²) in [7, 11) is -2.97. The second kappa shape index (κ2) is 8.96. The molecule has 0 aliphatic heterocycles. The molecule has 2 N–H and O–H groups in total. The maximum absolute atomic E-state index is 11.7. The summed E-state index contributed by atoms with van der Waals surface area (Å²) in [6.45, 7) is 4.85. The molecule has 0 bridgehead atoms. The van der Waals surface area contributed by atoms with Gasteiger partial charge in [-0.1, -0.05) is 20.3 Å². The zero-order valence-corrected chi connectivity index (χ0v) is 11.2. The van der Waals surface area contributed by atoms with Gasteiger partial charge in [-0.15, -0.1) is 0 Å². The van der Waals surface area contributed by atoms with Gasteiger partial charge in [-0.2, -0.15) is 0 Å². The zero-order chi connectivity index (χ0) is 12.4. The van der Waals surface area contributed by atoms with E-state index in [0.717, 1.165) is 25.8 Å². The van der Waals surface area contributed by atoms with Gasteiger partial charge in [-0.05, 0) is 25.8 Å². The van der Waals surface area contributed by atoms with Crippen LogP contribution in [0, 0.1) is 0 Å². The molecule has 0 saturated heterocycles. The molecule has 0 aliphatic rings. The molecule has 5 heteroatoms. The average molecular weight is 251 g/mol. The van der Waals surface area contributed by atoms with Crippen LogP contribution in [0.15, 0.2) is 0 Å². The van der Waals surface area contributed by atoms with Gasteiger partial charge in [0, 0.05) is 12.6 Å². The second-order valence-corrected chi connectivity index (χ2v) is 6.36. The van der Waals surface area contributed by atoms with E-state index >= 15 is 0 Å². The van der Waals surface area contributed by atoms with E-state index in [-0.39, 0.29) is 24.2 Å². The molecule has 1 unspecified atom stereocenters. The highest BCUT2D eigenvalue weighted by Gasteiger charge is 2.17. The summed E-state index contributed by atoms with van der Waals surface area (Å²) in [4.78, 5) is 0. The highest BCUT2D eigenvalue weighted by Crippen LogP contribution is 2.03. The van der Waals surface area contributed by atoms with E-state index in [1.54, 1.807) is 0 Å². The lowest BCUT2D eigenvalue weighted by Crippen LogP contribution is -2.37. The molecule has 0 saturated carbocycles. The first-order valence-corrected chi connectivity index (χ1v) is 7.92. The molecule has 0 amide bonds. The van der Waals surface area contributed by atoms with Gasteiger partial charge in [0.25, 0.3) is 0 Å². The van der Waals surface area contributed by atoms with Crippen LogP contribution >= 0.6 is 0 Å². The fourth-order valence-electron chi connectivity index (χ4n) is 1.50. The molecule has 0 aromatic rings. The van der Waals surface area contributed by atoms with Gasteiger partial charge in [-0.3, -0.25) is 0 Å². The molecule has 0 radical (unpaired) electrons. The van der Waals surface area contributed by atoms with Crippen molar-refractivity contribution >= 4 is 9.84 Å². The summed E-state index contributed by atoms with van der Waals surface area (Å²) in [5.74, 6) is 0.410. The first-order valence-electron chi connectivity index (χ1n) is 6.10. The zero-order valence-electron chi connectivity index (χ0n) is 10.4. The summed E-state index contributed by atoms with van der Waals surface area (Å²) in [6, 6.07) is -0.105. The monoisotopic (exact) mass is 251 g/mol. The van der Waals surface area contributed by atoms with E-state index in [1.807, 2.05) is 13.8 Å². The largest absolute Gasteiger partial charge is 0.396 e. The van der Waals surface area contributed by atoms with Crippen molar-refractivity contribution in [2.24, 2.45) is 0 Å². The highest BCUT2D eigenvalue weighted by atomic mass is 32.2. The molecular formula is C11H25NO3S. The predicted molar refractivity (Wildman–Crippen MR) is 67.3 cm³/mol. The molecule has 1 atom stereocenters. The van der Waals surface area contributed by atoms with Crippen LogP contribution in [0.4, 0.5) is 0 Å². The molecule has 98 valence electrons. The first-order chi connectivity index (χ1) is 7.55. The maximum atomic E-state index is 11.7. The van der Waals surface area contributed by atoms with Gasteiger partial charge in [0.1, 0.15) is 0 Å². The van der Waals surface area contributed by atoms with Crippen molar-refractivity contribution in [1.29, 1.82) is 0 Å². The number of nitrogens with one attached hydrogen (secondary N) is 1. The minimum Gasteiger partial charge on any atom is -0.396 e. The minimum atomic E-state index is -2.97. The van der Waals surface area contributed by atoms with Crippen molar-refractivity contribution in [2.75, 3.05) is 24.7 Å². The van der Waals surface area contributed by atoms with Crippen molar-refractivity contribution < 1.29 is 13.5 Å². The van der Waals surface area contributed by atoms with Crippen LogP contribution in [-0.4, -0.2) is 44.2 Å². The van der Waals surface area contributed by atoms with Crippen molar-refractivity contribution in [2.45, 2.75) is 45.6 Å². The highest BCUT2D eigenvalue weighted by molar-refractivity contribution is 7.91. The summed E-state index contributed by atoms with van der Waals surface area (Å²) >= 11 is 0. The van der Waals surface area contributed by atoms with E-state index < -0.39 is 9.84 Å². The fourth-order valence-corrected chi connectivity index (χ4v) is 3.30. The van der Waals surface area contributed by atoms with Crippen molar-refractivity contribution in [3.8, 4) is 0 Å². The normalized spacial score (nSPS) is 13.9. The Morgan fingerprint density at radius 1 is 1.25 bits per heavy atom. The standard InChI is InChI=1S/C11H25NO3S/c1-3-5-9-16(14,15)10-11(6-8-13)12-7-4-2/h11-13H,3-10H2,1-2H3. The van der Waals surface area contributed by atoms with Crippen molar-refractivity contribution in [1.82, 2.24) is 5.32 Å². The number of unbranched alkanes of at least 4 members (excludes halogenated alkanes) is 1. The third-order valence-corrected chi connectivity index (χ3v) is 4.25. The predicted octanol–water partition coefficient (Wildman–Crippen LogP) is 0.952. The topological polar surface area (TPSA) is 66.4 Å². The molecule has 0 heterocycles. The summed E-state index contributed by atoms with van der Waals surface area (Å²) in [6.07, 6.45) is 3.09. The van der Waals surface area contributed by atoms with Gasteiger partial charge < -0.3 is 10.4 Å². The Morgan fingerprint density at radius 3 is 2.44 bits per heavy atom. The molecule has 4 nitrogen and oxygen atoms in total. The average Bonchev–Trinajstić information content (AvgIpc) is 2.23. The lowest BCUT2D eigenvalue weighted by Gasteiger charge is -2.17. The number of hydrogen-bond acceptors (Lipinski definition) is 4. The maximum Gasteiger partial charge on any atom is 0.151 e. The summed E-state index contributed by atoms with van der Waals surface area (Å²) in [5, 5.41) is 12.0. The van der Waals surface area contributed by atoms with Gasteiger partial charge in [0.05, 0.1) is 11.5 Å². The summed E-state index contributed by atoms with van der Waals surface area (Å²) < 4.78 is 23.4. The van der Waals surface area contributed by atoms with E-state index in [2.05, 4.69) is 5.32 Å². The Balaban J connectivity index is 4.14. The van der Waals surface area contributed by atoms with Gasteiger partial charge >= 0.3 is 0 Å². The van der Waals surface area contributed by atoms with Gasteiger partial charge in [0.2, 0.25) is 0 Å². The molecule has 0 rings (SSSR count). The molecule has 0 aromatic carbocycles. The number of rotatable bonds is 10. The molecule has 0 fully saturated rings. The van der Waals surface area contributed by atoms with Gasteiger partial charge in [-0.25, -0.2) is 8.42 Å². The minimum absolute atomic E-state index is 0.0324. The molecule has 16 heavy (non-hydrogen) atoms. The third kappa shape index (κ3) is 8.07. The second-order valence-electron chi connectivity index (χ2n) is 4.13. The van der Waals surface area contributed by atoms with Crippen LogP contribution in [-0.2, 0) is 9.84 Å². The Morgan fingerprint density at radius 2 is 1.94 bits per heavy atom. The molecule has 0 aliphatic carbocycles. The lowest BCUT2D eigenvalue weighted by molar-refractivity contribution is 0.269. The smallest absolute Gasteiger partial charge is 0.151 e. The molecule has 0 aromatic heterocycles. The van der Waals surface area contributed by atoms with E-state index in [9.17, 15) is 8.42 Å². The Bertz CT molecular complexity index is 252. The van der Waals surface area contributed by atoms with Crippen molar-refractivity contribution in [3.05, 3.63) is 0 Å². The van der Waals surface area contributed by atoms with Gasteiger partial charge in [0.15, 0.2) is 9.84 Å². The lowest BCUT2D eigenvalue weighted by atomic mass is 10.2. The fraction of sp³-hybridized carbons (Fsp3) is 1.00. The summed E-state index contributed by atoms with van der Waals surface area (Å²) in [5.41, 5.74) is 0. The van der Waals surface area contributed by atoms with E-state index in [0.29, 0.717) is 6.42 Å².